The van der Waals surface area contributed by atoms with Gasteiger partial charge in [0, 0.05) is 16.9 Å². The topological polar surface area (TPSA) is 92.4 Å². The van der Waals surface area contributed by atoms with Crippen LogP contribution in [-0.2, 0) is 0 Å². The molecule has 0 aromatic heterocycles. The van der Waals surface area contributed by atoms with Crippen molar-refractivity contribution in [2.75, 3.05) is 11.1 Å². The number of rotatable bonds is 3. The minimum absolute atomic E-state index is 0.215. The molecule has 2 aromatic rings. The molecule has 0 aliphatic rings. The van der Waals surface area contributed by atoms with E-state index in [2.05, 4.69) is 5.32 Å². The van der Waals surface area contributed by atoms with Crippen LogP contribution in [0.1, 0.15) is 31.8 Å². The summed E-state index contributed by atoms with van der Waals surface area (Å²) >= 11 is 0. The molecule has 0 fully saturated rings. The summed E-state index contributed by atoms with van der Waals surface area (Å²) in [4.78, 5) is 23.1. The van der Waals surface area contributed by atoms with E-state index < -0.39 is 5.97 Å². The lowest BCUT2D eigenvalue weighted by Crippen LogP contribution is -2.13. The van der Waals surface area contributed by atoms with Gasteiger partial charge in [-0.05, 0) is 55.3 Å². The number of anilines is 2. The fourth-order valence-electron chi connectivity index (χ4n) is 1.97. The van der Waals surface area contributed by atoms with E-state index in [0.717, 1.165) is 5.56 Å². The number of hydrogen-bond acceptors (Lipinski definition) is 3. The van der Waals surface area contributed by atoms with Crippen molar-refractivity contribution >= 4 is 23.3 Å². The van der Waals surface area contributed by atoms with Gasteiger partial charge in [0.05, 0.1) is 5.56 Å². The molecule has 2 rings (SSSR count). The van der Waals surface area contributed by atoms with E-state index in [1.807, 2.05) is 6.92 Å². The van der Waals surface area contributed by atoms with Crippen molar-refractivity contribution in [1.29, 1.82) is 0 Å². The predicted octanol–water partition coefficient (Wildman–Crippen LogP) is 2.84. The van der Waals surface area contributed by atoms with Gasteiger partial charge in [-0.15, -0.1) is 0 Å². The van der Waals surface area contributed by atoms with Gasteiger partial charge >= 0.3 is 5.97 Å². The number of carbonyl (C=O) groups is 2. The second kappa shape index (κ2) is 5.66. The maximum absolute atomic E-state index is 12.1. The Bertz CT molecular complexity index is 723. The van der Waals surface area contributed by atoms with Crippen LogP contribution in [0.5, 0.6) is 0 Å². The van der Waals surface area contributed by atoms with Crippen LogP contribution in [0.4, 0.5) is 11.4 Å². The molecular formula is C16H16N2O3. The third-order valence-electron chi connectivity index (χ3n) is 3.26. The van der Waals surface area contributed by atoms with Gasteiger partial charge in [0.2, 0.25) is 0 Å². The van der Waals surface area contributed by atoms with Gasteiger partial charge in [0.1, 0.15) is 0 Å². The molecule has 0 unspecified atom stereocenters. The summed E-state index contributed by atoms with van der Waals surface area (Å²) in [6.45, 7) is 3.55. The number of carboxylic acids is 1. The highest BCUT2D eigenvalue weighted by Crippen LogP contribution is 2.18. The molecule has 2 aromatic carbocycles. The third kappa shape index (κ3) is 3.20. The molecule has 0 heterocycles. The van der Waals surface area contributed by atoms with E-state index in [-0.39, 0.29) is 11.5 Å². The number of nitrogens with two attached hydrogens (primary N) is 1. The fourth-order valence-corrected chi connectivity index (χ4v) is 1.97. The zero-order valence-electron chi connectivity index (χ0n) is 11.8. The number of hydrogen-bond donors (Lipinski definition) is 3. The van der Waals surface area contributed by atoms with Crippen LogP contribution < -0.4 is 11.1 Å². The molecule has 108 valence electrons. The molecule has 0 bridgehead atoms. The van der Waals surface area contributed by atoms with Crippen molar-refractivity contribution in [2.24, 2.45) is 0 Å². The lowest BCUT2D eigenvalue weighted by molar-refractivity contribution is 0.0696. The molecule has 1 amide bonds. The highest BCUT2D eigenvalue weighted by atomic mass is 16.4. The first kappa shape index (κ1) is 14.6. The first-order chi connectivity index (χ1) is 9.88. The number of nitrogen functional groups attached to an aromatic ring is 1. The lowest BCUT2D eigenvalue weighted by Gasteiger charge is -2.09. The van der Waals surface area contributed by atoms with Crippen molar-refractivity contribution in [1.82, 2.24) is 0 Å². The summed E-state index contributed by atoms with van der Waals surface area (Å²) in [6, 6.07) is 9.74. The van der Waals surface area contributed by atoms with Gasteiger partial charge < -0.3 is 16.2 Å². The first-order valence-electron chi connectivity index (χ1n) is 6.40. The number of benzene rings is 2. The van der Waals surface area contributed by atoms with E-state index in [1.165, 1.54) is 6.07 Å². The average Bonchev–Trinajstić information content (AvgIpc) is 2.41. The normalized spacial score (nSPS) is 10.2. The van der Waals surface area contributed by atoms with Crippen LogP contribution in [0.3, 0.4) is 0 Å². The quantitative estimate of drug-likeness (QED) is 0.756. The van der Waals surface area contributed by atoms with Crippen LogP contribution >= 0.6 is 0 Å². The minimum atomic E-state index is -0.989. The summed E-state index contributed by atoms with van der Waals surface area (Å²) in [7, 11) is 0. The maximum atomic E-state index is 12.1. The zero-order chi connectivity index (χ0) is 15.6. The maximum Gasteiger partial charge on any atom is 0.335 e. The highest BCUT2D eigenvalue weighted by Gasteiger charge is 2.10. The lowest BCUT2D eigenvalue weighted by atomic mass is 10.1. The molecule has 0 aliphatic carbocycles. The van der Waals surface area contributed by atoms with Crippen molar-refractivity contribution in [2.45, 2.75) is 13.8 Å². The Morgan fingerprint density at radius 3 is 2.33 bits per heavy atom. The third-order valence-corrected chi connectivity index (χ3v) is 3.26. The monoisotopic (exact) mass is 284 g/mol. The van der Waals surface area contributed by atoms with E-state index in [0.29, 0.717) is 22.5 Å². The Kier molecular flexibility index (Phi) is 3.93. The van der Waals surface area contributed by atoms with E-state index in [9.17, 15) is 9.59 Å². The fraction of sp³-hybridized carbons (Fsp3) is 0.125. The molecule has 21 heavy (non-hydrogen) atoms. The number of aryl methyl sites for hydroxylation is 2. The second-order valence-electron chi connectivity index (χ2n) is 4.86. The summed E-state index contributed by atoms with van der Waals surface area (Å²) in [5.74, 6) is -1.28. The number of amides is 1. The Hall–Kier alpha value is -2.82. The summed E-state index contributed by atoms with van der Waals surface area (Å²) in [5, 5.41) is 11.7. The van der Waals surface area contributed by atoms with Crippen molar-refractivity contribution in [3.8, 4) is 0 Å². The Morgan fingerprint density at radius 2 is 1.76 bits per heavy atom. The minimum Gasteiger partial charge on any atom is -0.478 e. The Morgan fingerprint density at radius 1 is 1.05 bits per heavy atom. The van der Waals surface area contributed by atoms with E-state index in [1.54, 1.807) is 37.3 Å². The van der Waals surface area contributed by atoms with Gasteiger partial charge in [-0.1, -0.05) is 6.07 Å². The first-order valence-corrected chi connectivity index (χ1v) is 6.40. The molecule has 5 heteroatoms. The molecule has 0 saturated heterocycles. The van der Waals surface area contributed by atoms with E-state index >= 15 is 0 Å². The van der Waals surface area contributed by atoms with Gasteiger partial charge in [-0.3, -0.25) is 4.79 Å². The summed E-state index contributed by atoms with van der Waals surface area (Å²) < 4.78 is 0. The Labute approximate surface area is 122 Å². The molecular weight excluding hydrogens is 268 g/mol. The number of carbonyl (C=O) groups excluding carboxylic acids is 1. The zero-order valence-corrected chi connectivity index (χ0v) is 11.8. The van der Waals surface area contributed by atoms with Gasteiger partial charge in [-0.2, -0.15) is 0 Å². The standard InChI is InChI=1S/C16H16N2O3/c1-9-3-4-11(8-14(9)17)15(19)18-12-5-6-13(16(20)21)10(2)7-12/h3-8H,17H2,1-2H3,(H,18,19)(H,20,21). The van der Waals surface area contributed by atoms with Crippen LogP contribution in [0.2, 0.25) is 0 Å². The second-order valence-corrected chi connectivity index (χ2v) is 4.86. The molecule has 0 saturated carbocycles. The van der Waals surface area contributed by atoms with Gasteiger partial charge in [0.25, 0.3) is 5.91 Å². The molecule has 0 radical (unpaired) electrons. The Balaban J connectivity index is 2.21. The molecule has 5 nitrogen and oxygen atoms in total. The van der Waals surface area contributed by atoms with Gasteiger partial charge in [-0.25, -0.2) is 4.79 Å². The predicted molar refractivity (Wildman–Crippen MR) is 81.7 cm³/mol. The summed E-state index contributed by atoms with van der Waals surface area (Å²) in [6.07, 6.45) is 0. The van der Waals surface area contributed by atoms with Gasteiger partial charge in [0.15, 0.2) is 0 Å². The number of aromatic carboxylic acids is 1. The highest BCUT2D eigenvalue weighted by molar-refractivity contribution is 6.05. The largest absolute Gasteiger partial charge is 0.478 e. The molecule has 0 spiro atoms. The summed E-state index contributed by atoms with van der Waals surface area (Å²) in [5.41, 5.74) is 9.05. The van der Waals surface area contributed by atoms with Crippen LogP contribution in [0, 0.1) is 13.8 Å². The average molecular weight is 284 g/mol. The van der Waals surface area contributed by atoms with Crippen LogP contribution in [-0.4, -0.2) is 17.0 Å². The smallest absolute Gasteiger partial charge is 0.335 e. The SMILES string of the molecule is Cc1ccc(C(=O)Nc2ccc(C(=O)O)c(C)c2)cc1N. The van der Waals surface area contributed by atoms with Crippen LogP contribution in [0.15, 0.2) is 36.4 Å². The molecule has 0 aliphatic heterocycles. The van der Waals surface area contributed by atoms with E-state index in [4.69, 9.17) is 10.8 Å². The number of carboxylic acid groups (broad SMARTS) is 1. The number of nitrogens with one attached hydrogen (secondary N) is 1. The molecule has 4 N–H and O–H groups in total. The molecule has 0 atom stereocenters. The van der Waals surface area contributed by atoms with Crippen molar-refractivity contribution in [3.05, 3.63) is 58.7 Å². The van der Waals surface area contributed by atoms with Crippen molar-refractivity contribution in [3.63, 3.8) is 0 Å². The van der Waals surface area contributed by atoms with Crippen molar-refractivity contribution < 1.29 is 14.7 Å². The van der Waals surface area contributed by atoms with Crippen LogP contribution in [0.25, 0.3) is 0 Å².